The number of nitrogens with one attached hydrogen (secondary N) is 1. The number of aliphatic carboxylic acids is 1. The van der Waals surface area contributed by atoms with Crippen LogP contribution in [0.5, 0.6) is 0 Å². The van der Waals surface area contributed by atoms with E-state index in [1.54, 1.807) is 7.05 Å². The third-order valence-electron chi connectivity index (χ3n) is 1.61. The van der Waals surface area contributed by atoms with Gasteiger partial charge in [0, 0.05) is 13.2 Å². The second-order valence-corrected chi connectivity index (χ2v) is 3.04. The zero-order chi connectivity index (χ0) is 8.65. The van der Waals surface area contributed by atoms with E-state index in [1.165, 1.54) is 18.1 Å². The highest BCUT2D eigenvalue weighted by Crippen LogP contribution is 2.26. The van der Waals surface area contributed by atoms with Crippen molar-refractivity contribution < 1.29 is 9.90 Å². The fraction of sp³-hybridized carbons (Fsp3) is 0.500. The molecule has 4 nitrogen and oxygen atoms in total. The lowest BCUT2D eigenvalue weighted by Crippen LogP contribution is -2.50. The predicted octanol–water partition coefficient (Wildman–Crippen LogP) is 0.360. The number of hydrogen-bond acceptors (Lipinski definition) is 3. The Morgan fingerprint density at radius 2 is 2.45 bits per heavy atom. The Balaban J connectivity index is 2.92. The van der Waals surface area contributed by atoms with Crippen LogP contribution in [0.1, 0.15) is 6.92 Å². The van der Waals surface area contributed by atoms with E-state index in [4.69, 9.17) is 16.7 Å². The normalized spacial score (nSPS) is 30.5. The van der Waals surface area contributed by atoms with E-state index in [1.807, 2.05) is 0 Å². The fourth-order valence-corrected chi connectivity index (χ4v) is 1.16. The number of carboxylic acid groups (broad SMARTS) is 1. The topological polar surface area (TPSA) is 52.6 Å². The van der Waals surface area contributed by atoms with Crippen LogP contribution < -0.4 is 5.43 Å². The molecule has 0 saturated heterocycles. The highest BCUT2D eigenvalue weighted by molar-refractivity contribution is 6.32. The molecule has 1 unspecified atom stereocenters. The molecule has 11 heavy (non-hydrogen) atoms. The van der Waals surface area contributed by atoms with Crippen molar-refractivity contribution in [1.29, 1.82) is 0 Å². The third-order valence-corrected chi connectivity index (χ3v) is 2.09. The van der Waals surface area contributed by atoms with E-state index in [2.05, 4.69) is 5.43 Å². The molecule has 0 bridgehead atoms. The lowest BCUT2D eigenvalue weighted by molar-refractivity contribution is -0.143. The van der Waals surface area contributed by atoms with Crippen molar-refractivity contribution in [3.63, 3.8) is 0 Å². The summed E-state index contributed by atoms with van der Waals surface area (Å²) in [5.74, 6) is -0.983. The smallest absolute Gasteiger partial charge is 0.330 e. The van der Waals surface area contributed by atoms with Gasteiger partial charge in [-0.2, -0.15) is 0 Å². The Morgan fingerprint density at radius 1 is 1.91 bits per heavy atom. The summed E-state index contributed by atoms with van der Waals surface area (Å²) in [5, 5.41) is 10.6. The van der Waals surface area contributed by atoms with Gasteiger partial charge in [0.25, 0.3) is 0 Å². The summed E-state index contributed by atoms with van der Waals surface area (Å²) in [6.45, 7) is 1.51. The molecule has 0 aromatic carbocycles. The predicted molar refractivity (Wildman–Crippen MR) is 40.9 cm³/mol. The number of halogens is 1. The monoisotopic (exact) mass is 176 g/mol. The first-order valence-corrected chi connectivity index (χ1v) is 3.46. The molecule has 0 saturated carbocycles. The van der Waals surface area contributed by atoms with Gasteiger partial charge in [0.05, 0.1) is 5.03 Å². The SMILES string of the molecule is CN1C=C(Cl)C(C)(C(=O)O)N1. The molecule has 1 atom stereocenters. The third kappa shape index (κ3) is 1.19. The van der Waals surface area contributed by atoms with Crippen LogP contribution in [0.2, 0.25) is 0 Å². The van der Waals surface area contributed by atoms with Gasteiger partial charge in [0.15, 0.2) is 5.54 Å². The van der Waals surface area contributed by atoms with Crippen molar-refractivity contribution in [1.82, 2.24) is 10.4 Å². The van der Waals surface area contributed by atoms with E-state index >= 15 is 0 Å². The number of hydrazine groups is 1. The molecule has 0 aliphatic carbocycles. The zero-order valence-corrected chi connectivity index (χ0v) is 7.01. The van der Waals surface area contributed by atoms with E-state index in [-0.39, 0.29) is 5.03 Å². The van der Waals surface area contributed by atoms with Crippen LogP contribution >= 0.6 is 11.6 Å². The van der Waals surface area contributed by atoms with Crippen LogP contribution in [-0.4, -0.2) is 28.7 Å². The largest absolute Gasteiger partial charge is 0.480 e. The molecule has 0 amide bonds. The lowest BCUT2D eigenvalue weighted by atomic mass is 10.1. The maximum atomic E-state index is 10.7. The molecule has 0 aromatic rings. The molecule has 1 rings (SSSR count). The number of carboxylic acids is 1. The van der Waals surface area contributed by atoms with Crippen molar-refractivity contribution >= 4 is 17.6 Å². The minimum absolute atomic E-state index is 0.285. The van der Waals surface area contributed by atoms with Crippen LogP contribution in [-0.2, 0) is 4.79 Å². The van der Waals surface area contributed by atoms with Gasteiger partial charge >= 0.3 is 5.97 Å². The maximum Gasteiger partial charge on any atom is 0.330 e. The van der Waals surface area contributed by atoms with Crippen molar-refractivity contribution in [2.24, 2.45) is 0 Å². The quantitative estimate of drug-likeness (QED) is 0.606. The van der Waals surface area contributed by atoms with Gasteiger partial charge in [-0.05, 0) is 6.92 Å². The Hall–Kier alpha value is -0.740. The molecule has 1 aliphatic rings. The van der Waals surface area contributed by atoms with E-state index in [9.17, 15) is 4.79 Å². The minimum atomic E-state index is -1.16. The summed E-state index contributed by atoms with van der Waals surface area (Å²) >= 11 is 5.69. The number of hydrogen-bond donors (Lipinski definition) is 2. The Bertz CT molecular complexity index is 229. The Morgan fingerprint density at radius 3 is 2.64 bits per heavy atom. The molecule has 1 heterocycles. The molecule has 62 valence electrons. The number of carbonyl (C=O) groups is 1. The molecule has 1 aliphatic heterocycles. The van der Waals surface area contributed by atoms with Crippen molar-refractivity contribution in [2.45, 2.75) is 12.5 Å². The minimum Gasteiger partial charge on any atom is -0.480 e. The van der Waals surface area contributed by atoms with Crippen LogP contribution in [0, 0.1) is 0 Å². The summed E-state index contributed by atoms with van der Waals surface area (Å²) in [7, 11) is 1.69. The zero-order valence-electron chi connectivity index (χ0n) is 6.26. The van der Waals surface area contributed by atoms with E-state index < -0.39 is 11.5 Å². The number of rotatable bonds is 1. The van der Waals surface area contributed by atoms with E-state index in [0.29, 0.717) is 0 Å². The maximum absolute atomic E-state index is 10.7. The van der Waals surface area contributed by atoms with Gasteiger partial charge in [-0.15, -0.1) is 0 Å². The van der Waals surface area contributed by atoms with E-state index in [0.717, 1.165) is 0 Å². The van der Waals surface area contributed by atoms with Crippen molar-refractivity contribution in [3.8, 4) is 0 Å². The average Bonchev–Trinajstić information content (AvgIpc) is 2.08. The molecular weight excluding hydrogens is 168 g/mol. The first-order chi connectivity index (χ1) is 4.97. The van der Waals surface area contributed by atoms with Crippen molar-refractivity contribution in [3.05, 3.63) is 11.2 Å². The molecule has 0 radical (unpaired) electrons. The summed E-state index contributed by atoms with van der Waals surface area (Å²) in [5.41, 5.74) is 1.53. The van der Waals surface area contributed by atoms with Gasteiger partial charge in [-0.3, -0.25) is 0 Å². The van der Waals surface area contributed by atoms with Gasteiger partial charge in [-0.25, -0.2) is 10.2 Å². The summed E-state index contributed by atoms with van der Waals surface area (Å²) in [6, 6.07) is 0. The first kappa shape index (κ1) is 8.36. The molecule has 0 fully saturated rings. The van der Waals surface area contributed by atoms with Crippen LogP contribution in [0.3, 0.4) is 0 Å². The first-order valence-electron chi connectivity index (χ1n) is 3.08. The number of nitrogens with zero attached hydrogens (tertiary/aromatic N) is 1. The second kappa shape index (κ2) is 2.39. The van der Waals surface area contributed by atoms with Gasteiger partial charge < -0.3 is 10.1 Å². The molecule has 0 spiro atoms. The Kier molecular flexibility index (Phi) is 1.82. The molecular formula is C6H9ClN2O2. The molecule has 0 aromatic heterocycles. The second-order valence-electron chi connectivity index (χ2n) is 2.63. The fourth-order valence-electron chi connectivity index (χ4n) is 0.887. The lowest BCUT2D eigenvalue weighted by Gasteiger charge is -2.21. The Labute approximate surface area is 69.4 Å². The summed E-state index contributed by atoms with van der Waals surface area (Å²) in [6.07, 6.45) is 1.54. The standard InChI is InChI=1S/C6H9ClN2O2/c1-6(5(10)11)4(7)3-9(2)8-6/h3,8H,1-2H3,(H,10,11). The highest BCUT2D eigenvalue weighted by atomic mass is 35.5. The van der Waals surface area contributed by atoms with Crippen molar-refractivity contribution in [2.75, 3.05) is 7.05 Å². The molecule has 5 heteroatoms. The van der Waals surface area contributed by atoms with Gasteiger partial charge in [-0.1, -0.05) is 11.6 Å². The van der Waals surface area contributed by atoms with Gasteiger partial charge in [0.1, 0.15) is 0 Å². The van der Waals surface area contributed by atoms with Crippen LogP contribution in [0.15, 0.2) is 11.2 Å². The highest BCUT2D eigenvalue weighted by Gasteiger charge is 2.41. The summed E-state index contributed by atoms with van der Waals surface area (Å²) < 4.78 is 0. The average molecular weight is 177 g/mol. The summed E-state index contributed by atoms with van der Waals surface area (Å²) in [4.78, 5) is 10.7. The van der Waals surface area contributed by atoms with Crippen LogP contribution in [0.25, 0.3) is 0 Å². The van der Waals surface area contributed by atoms with Crippen LogP contribution in [0.4, 0.5) is 0 Å². The molecule has 2 N–H and O–H groups in total. The van der Waals surface area contributed by atoms with Gasteiger partial charge in [0.2, 0.25) is 0 Å².